The van der Waals surface area contributed by atoms with E-state index in [1.165, 1.54) is 5.56 Å². The monoisotopic (exact) mass is 397 g/mol. The zero-order valence-corrected chi connectivity index (χ0v) is 14.7. The van der Waals surface area contributed by atoms with E-state index in [-0.39, 0.29) is 6.04 Å². The molecule has 0 aromatic heterocycles. The van der Waals surface area contributed by atoms with E-state index in [0.717, 1.165) is 25.8 Å². The van der Waals surface area contributed by atoms with Gasteiger partial charge in [-0.25, -0.2) is 0 Å². The SMILES string of the molecule is CCOc1ccc(C(N)c2cc(Br)c(C)cc2Br)cc1. The van der Waals surface area contributed by atoms with E-state index in [1.807, 2.05) is 31.2 Å². The molecule has 0 aliphatic carbocycles. The van der Waals surface area contributed by atoms with Gasteiger partial charge in [-0.05, 0) is 54.8 Å². The summed E-state index contributed by atoms with van der Waals surface area (Å²) in [7, 11) is 0. The van der Waals surface area contributed by atoms with E-state index in [9.17, 15) is 0 Å². The molecule has 2 aromatic carbocycles. The zero-order chi connectivity index (χ0) is 14.7. The Morgan fingerprint density at radius 3 is 2.35 bits per heavy atom. The predicted octanol–water partition coefficient (Wildman–Crippen LogP) is 4.97. The first kappa shape index (κ1) is 15.5. The lowest BCUT2D eigenvalue weighted by molar-refractivity contribution is 0.340. The topological polar surface area (TPSA) is 35.2 Å². The second kappa shape index (κ2) is 6.74. The average Bonchev–Trinajstić information content (AvgIpc) is 2.43. The molecule has 0 radical (unpaired) electrons. The molecule has 1 unspecified atom stereocenters. The first-order valence-electron chi connectivity index (χ1n) is 6.46. The van der Waals surface area contributed by atoms with Gasteiger partial charge in [-0.1, -0.05) is 44.0 Å². The lowest BCUT2D eigenvalue weighted by Gasteiger charge is -2.16. The summed E-state index contributed by atoms with van der Waals surface area (Å²) in [6.45, 7) is 4.70. The number of halogens is 2. The van der Waals surface area contributed by atoms with Crippen molar-refractivity contribution in [3.05, 3.63) is 62.0 Å². The van der Waals surface area contributed by atoms with Crippen LogP contribution in [0, 0.1) is 6.92 Å². The van der Waals surface area contributed by atoms with Gasteiger partial charge in [-0.3, -0.25) is 0 Å². The summed E-state index contributed by atoms with van der Waals surface area (Å²) in [5, 5.41) is 0. The van der Waals surface area contributed by atoms with Crippen LogP contribution < -0.4 is 10.5 Å². The van der Waals surface area contributed by atoms with Gasteiger partial charge in [0, 0.05) is 8.95 Å². The summed E-state index contributed by atoms with van der Waals surface area (Å²) in [6.07, 6.45) is 0. The molecule has 0 saturated heterocycles. The molecule has 2 nitrogen and oxygen atoms in total. The fourth-order valence-electron chi connectivity index (χ4n) is 2.02. The fraction of sp³-hybridized carbons (Fsp3) is 0.250. The third-order valence-electron chi connectivity index (χ3n) is 3.16. The highest BCUT2D eigenvalue weighted by Gasteiger charge is 2.14. The average molecular weight is 399 g/mol. The molecule has 0 amide bonds. The van der Waals surface area contributed by atoms with Gasteiger partial charge in [0.05, 0.1) is 12.6 Å². The molecule has 1 atom stereocenters. The summed E-state index contributed by atoms with van der Waals surface area (Å²) < 4.78 is 7.54. The van der Waals surface area contributed by atoms with Crippen molar-refractivity contribution in [2.24, 2.45) is 5.73 Å². The summed E-state index contributed by atoms with van der Waals surface area (Å²) >= 11 is 7.15. The van der Waals surface area contributed by atoms with Crippen molar-refractivity contribution >= 4 is 31.9 Å². The Balaban J connectivity index is 2.31. The van der Waals surface area contributed by atoms with E-state index in [0.29, 0.717) is 6.61 Å². The Kier molecular flexibility index (Phi) is 5.24. The maximum atomic E-state index is 6.37. The van der Waals surface area contributed by atoms with Crippen molar-refractivity contribution in [3.8, 4) is 5.75 Å². The summed E-state index contributed by atoms with van der Waals surface area (Å²) in [6, 6.07) is 11.9. The lowest BCUT2D eigenvalue weighted by atomic mass is 9.98. The van der Waals surface area contributed by atoms with Gasteiger partial charge >= 0.3 is 0 Å². The summed E-state index contributed by atoms with van der Waals surface area (Å²) in [5.74, 6) is 0.868. The molecule has 2 N–H and O–H groups in total. The number of nitrogens with two attached hydrogens (primary N) is 1. The number of hydrogen-bond acceptors (Lipinski definition) is 2. The van der Waals surface area contributed by atoms with Gasteiger partial charge in [0.15, 0.2) is 0 Å². The molecule has 0 bridgehead atoms. The largest absolute Gasteiger partial charge is 0.494 e. The van der Waals surface area contributed by atoms with E-state index in [2.05, 4.69) is 50.9 Å². The van der Waals surface area contributed by atoms with Crippen LogP contribution in [-0.2, 0) is 0 Å². The number of rotatable bonds is 4. The van der Waals surface area contributed by atoms with Crippen molar-refractivity contribution in [2.75, 3.05) is 6.61 Å². The van der Waals surface area contributed by atoms with E-state index in [4.69, 9.17) is 10.5 Å². The Hall–Kier alpha value is -0.840. The van der Waals surface area contributed by atoms with Crippen molar-refractivity contribution in [2.45, 2.75) is 19.9 Å². The van der Waals surface area contributed by atoms with Crippen LogP contribution in [0.15, 0.2) is 45.3 Å². The predicted molar refractivity (Wildman–Crippen MR) is 90.2 cm³/mol. The van der Waals surface area contributed by atoms with Crippen LogP contribution in [0.1, 0.15) is 29.7 Å². The quantitative estimate of drug-likeness (QED) is 0.789. The molecule has 0 saturated carbocycles. The molecule has 4 heteroatoms. The van der Waals surface area contributed by atoms with Crippen LogP contribution in [0.4, 0.5) is 0 Å². The second-order valence-corrected chi connectivity index (χ2v) is 6.31. The minimum absolute atomic E-state index is 0.169. The van der Waals surface area contributed by atoms with Crippen LogP contribution in [-0.4, -0.2) is 6.61 Å². The molecule has 0 spiro atoms. The van der Waals surface area contributed by atoms with Gasteiger partial charge in [0.1, 0.15) is 5.75 Å². The Morgan fingerprint density at radius 2 is 1.75 bits per heavy atom. The molecule has 2 aromatic rings. The molecule has 0 heterocycles. The first-order valence-corrected chi connectivity index (χ1v) is 8.05. The van der Waals surface area contributed by atoms with Crippen molar-refractivity contribution < 1.29 is 4.74 Å². The minimum Gasteiger partial charge on any atom is -0.494 e. The normalized spacial score (nSPS) is 12.2. The van der Waals surface area contributed by atoms with Crippen molar-refractivity contribution in [3.63, 3.8) is 0 Å². The van der Waals surface area contributed by atoms with Crippen LogP contribution in [0.25, 0.3) is 0 Å². The number of hydrogen-bond donors (Lipinski definition) is 1. The number of ether oxygens (including phenoxy) is 1. The molecule has 106 valence electrons. The minimum atomic E-state index is -0.169. The molecule has 20 heavy (non-hydrogen) atoms. The van der Waals surface area contributed by atoms with E-state index in [1.54, 1.807) is 0 Å². The van der Waals surface area contributed by atoms with Crippen molar-refractivity contribution in [1.82, 2.24) is 0 Å². The van der Waals surface area contributed by atoms with Crippen LogP contribution in [0.2, 0.25) is 0 Å². The third kappa shape index (κ3) is 3.43. The third-order valence-corrected chi connectivity index (χ3v) is 4.70. The smallest absolute Gasteiger partial charge is 0.119 e. The molecule has 0 aliphatic heterocycles. The molecule has 0 aliphatic rings. The van der Waals surface area contributed by atoms with Gasteiger partial charge in [0.2, 0.25) is 0 Å². The van der Waals surface area contributed by atoms with Crippen LogP contribution >= 0.6 is 31.9 Å². The number of aryl methyl sites for hydroxylation is 1. The zero-order valence-electron chi connectivity index (χ0n) is 11.5. The van der Waals surface area contributed by atoms with E-state index < -0.39 is 0 Å². The van der Waals surface area contributed by atoms with Gasteiger partial charge < -0.3 is 10.5 Å². The highest BCUT2D eigenvalue weighted by molar-refractivity contribution is 9.11. The molecule has 2 rings (SSSR count). The highest BCUT2D eigenvalue weighted by Crippen LogP contribution is 2.32. The standard InChI is InChI=1S/C16H17Br2NO/c1-3-20-12-6-4-11(5-7-12)16(19)13-9-14(17)10(2)8-15(13)18/h4-9,16H,3,19H2,1-2H3. The number of benzene rings is 2. The van der Waals surface area contributed by atoms with Gasteiger partial charge in [-0.2, -0.15) is 0 Å². The molecule has 0 fully saturated rings. The van der Waals surface area contributed by atoms with Crippen LogP contribution in [0.3, 0.4) is 0 Å². The molecular weight excluding hydrogens is 382 g/mol. The first-order chi connectivity index (χ1) is 9.52. The Bertz CT molecular complexity index is 596. The lowest BCUT2D eigenvalue weighted by Crippen LogP contribution is -2.12. The Labute approximate surface area is 136 Å². The van der Waals surface area contributed by atoms with Crippen LogP contribution in [0.5, 0.6) is 5.75 Å². The highest BCUT2D eigenvalue weighted by atomic mass is 79.9. The van der Waals surface area contributed by atoms with Crippen molar-refractivity contribution in [1.29, 1.82) is 0 Å². The second-order valence-electron chi connectivity index (χ2n) is 4.60. The van der Waals surface area contributed by atoms with E-state index >= 15 is 0 Å². The molecular formula is C16H17Br2NO. The Morgan fingerprint density at radius 1 is 1.10 bits per heavy atom. The van der Waals surface area contributed by atoms with Gasteiger partial charge in [0.25, 0.3) is 0 Å². The fourth-order valence-corrected chi connectivity index (χ4v) is 3.08. The summed E-state index contributed by atoms with van der Waals surface area (Å²) in [4.78, 5) is 0. The maximum absolute atomic E-state index is 6.37. The summed E-state index contributed by atoms with van der Waals surface area (Å²) in [5.41, 5.74) is 9.67. The van der Waals surface area contributed by atoms with Gasteiger partial charge in [-0.15, -0.1) is 0 Å². The maximum Gasteiger partial charge on any atom is 0.119 e.